The first kappa shape index (κ1) is 18.5. The lowest BCUT2D eigenvalue weighted by atomic mass is 9.98. The molecule has 28 heavy (non-hydrogen) atoms. The van der Waals surface area contributed by atoms with Crippen LogP contribution in [-0.4, -0.2) is 17.7 Å². The highest BCUT2D eigenvalue weighted by molar-refractivity contribution is 9.09. The van der Waals surface area contributed by atoms with Crippen LogP contribution >= 0.6 is 15.9 Å². The van der Waals surface area contributed by atoms with E-state index < -0.39 is 0 Å². The molecule has 3 aromatic carbocycles. The van der Waals surface area contributed by atoms with Crippen molar-refractivity contribution in [2.75, 3.05) is 11.9 Å². The van der Waals surface area contributed by atoms with Crippen LogP contribution in [0.25, 0.3) is 22.1 Å². The third-order valence-electron chi connectivity index (χ3n) is 4.53. The van der Waals surface area contributed by atoms with Crippen molar-refractivity contribution >= 4 is 32.7 Å². The number of carbonyl (C=O) groups is 1. The van der Waals surface area contributed by atoms with E-state index in [2.05, 4.69) is 15.9 Å². The van der Waals surface area contributed by atoms with Gasteiger partial charge in [0.25, 0.3) is 0 Å². The van der Waals surface area contributed by atoms with Crippen molar-refractivity contribution in [2.45, 2.75) is 6.42 Å². The van der Waals surface area contributed by atoms with Crippen LogP contribution in [0.2, 0.25) is 0 Å². The Hall–Kier alpha value is -2.85. The van der Waals surface area contributed by atoms with Gasteiger partial charge in [-0.2, -0.15) is 0 Å². The number of alkyl halides is 1. The molecule has 0 bridgehead atoms. The molecule has 0 aliphatic rings. The normalized spacial score (nSPS) is 10.9. The maximum Gasteiger partial charge on any atom is 0.228 e. The molecule has 0 fully saturated rings. The Labute approximate surface area is 172 Å². The number of rotatable bonds is 7. The molecule has 0 aliphatic heterocycles. The largest absolute Gasteiger partial charge is 0.494 e. The minimum Gasteiger partial charge on any atom is -0.494 e. The SMILES string of the molecule is O=C(c1ccc(OCCCBr)cc1)c1oc2ccccc2c1-c1ccccc1. The van der Waals surface area contributed by atoms with Crippen molar-refractivity contribution < 1.29 is 13.9 Å². The average molecular weight is 435 g/mol. The van der Waals surface area contributed by atoms with Crippen molar-refractivity contribution in [3.63, 3.8) is 0 Å². The molecule has 1 aromatic heterocycles. The molecule has 0 radical (unpaired) electrons. The lowest BCUT2D eigenvalue weighted by molar-refractivity contribution is 0.101. The Morgan fingerprint density at radius 1 is 0.893 bits per heavy atom. The summed E-state index contributed by atoms with van der Waals surface area (Å²) in [5, 5.41) is 1.84. The molecule has 140 valence electrons. The highest BCUT2D eigenvalue weighted by atomic mass is 79.9. The summed E-state index contributed by atoms with van der Waals surface area (Å²) in [7, 11) is 0. The standard InChI is InChI=1S/C24H19BrO3/c25-15-6-16-27-19-13-11-18(12-14-19)23(26)24-22(17-7-2-1-3-8-17)20-9-4-5-10-21(20)28-24/h1-5,7-14H,6,15-16H2. The number of halogens is 1. The zero-order valence-corrected chi connectivity index (χ0v) is 16.8. The Morgan fingerprint density at radius 2 is 1.61 bits per heavy atom. The predicted molar refractivity (Wildman–Crippen MR) is 115 cm³/mol. The number of ketones is 1. The Morgan fingerprint density at radius 3 is 2.36 bits per heavy atom. The van der Waals surface area contributed by atoms with Gasteiger partial charge in [-0.15, -0.1) is 0 Å². The first-order valence-electron chi connectivity index (χ1n) is 9.18. The molecule has 0 saturated carbocycles. The fourth-order valence-electron chi connectivity index (χ4n) is 3.17. The predicted octanol–water partition coefficient (Wildman–Crippen LogP) is 6.49. The molecule has 3 nitrogen and oxygen atoms in total. The van der Waals surface area contributed by atoms with Crippen LogP contribution in [0.5, 0.6) is 5.75 Å². The number of hydrogen-bond donors (Lipinski definition) is 0. The molecule has 0 amide bonds. The molecular formula is C24H19BrO3. The smallest absolute Gasteiger partial charge is 0.228 e. The van der Waals surface area contributed by atoms with E-state index in [0.29, 0.717) is 23.5 Å². The van der Waals surface area contributed by atoms with Crippen LogP contribution in [-0.2, 0) is 0 Å². The zero-order valence-electron chi connectivity index (χ0n) is 15.2. The molecule has 0 atom stereocenters. The molecule has 4 rings (SSSR count). The first-order valence-corrected chi connectivity index (χ1v) is 10.3. The Bertz CT molecular complexity index is 1080. The van der Waals surface area contributed by atoms with Gasteiger partial charge in [-0.1, -0.05) is 64.5 Å². The van der Waals surface area contributed by atoms with E-state index in [-0.39, 0.29) is 5.78 Å². The van der Waals surface area contributed by atoms with Crippen LogP contribution < -0.4 is 4.74 Å². The number of furan rings is 1. The molecule has 0 unspecified atom stereocenters. The van der Waals surface area contributed by atoms with E-state index in [1.165, 1.54) is 0 Å². The second-order valence-corrected chi connectivity index (χ2v) is 7.21. The van der Waals surface area contributed by atoms with Crippen LogP contribution in [0.1, 0.15) is 22.5 Å². The van der Waals surface area contributed by atoms with Gasteiger partial charge in [-0.25, -0.2) is 0 Å². The van der Waals surface area contributed by atoms with Gasteiger partial charge in [0.1, 0.15) is 11.3 Å². The van der Waals surface area contributed by atoms with E-state index in [1.54, 1.807) is 12.1 Å². The highest BCUT2D eigenvalue weighted by Gasteiger charge is 2.22. The van der Waals surface area contributed by atoms with Gasteiger partial charge in [0.2, 0.25) is 5.78 Å². The van der Waals surface area contributed by atoms with Crippen molar-refractivity contribution in [3.05, 3.63) is 90.2 Å². The summed E-state index contributed by atoms with van der Waals surface area (Å²) >= 11 is 3.38. The fraction of sp³-hybridized carbons (Fsp3) is 0.125. The van der Waals surface area contributed by atoms with Crippen molar-refractivity contribution in [3.8, 4) is 16.9 Å². The van der Waals surface area contributed by atoms with Crippen LogP contribution in [0.15, 0.2) is 83.3 Å². The van der Waals surface area contributed by atoms with Crippen molar-refractivity contribution in [1.29, 1.82) is 0 Å². The van der Waals surface area contributed by atoms with Gasteiger partial charge >= 0.3 is 0 Å². The molecule has 0 saturated heterocycles. The topological polar surface area (TPSA) is 39.4 Å². The van der Waals surface area contributed by atoms with Crippen molar-refractivity contribution in [2.24, 2.45) is 0 Å². The molecule has 4 heteroatoms. The third-order valence-corrected chi connectivity index (χ3v) is 5.09. The summed E-state index contributed by atoms with van der Waals surface area (Å²) in [4.78, 5) is 13.2. The number of para-hydroxylation sites is 1. The maximum absolute atomic E-state index is 13.2. The fourth-order valence-corrected chi connectivity index (χ4v) is 3.40. The van der Waals surface area contributed by atoms with E-state index >= 15 is 0 Å². The van der Waals surface area contributed by atoms with Gasteiger partial charge in [-0.3, -0.25) is 4.79 Å². The van der Waals surface area contributed by atoms with Gasteiger partial charge < -0.3 is 9.15 Å². The van der Waals surface area contributed by atoms with Crippen LogP contribution in [0.3, 0.4) is 0 Å². The quantitative estimate of drug-likeness (QED) is 0.189. The van der Waals surface area contributed by atoms with Gasteiger partial charge in [0, 0.05) is 21.8 Å². The van der Waals surface area contributed by atoms with Gasteiger partial charge in [0.05, 0.1) is 6.61 Å². The molecule has 4 aromatic rings. The van der Waals surface area contributed by atoms with Crippen molar-refractivity contribution in [1.82, 2.24) is 0 Å². The number of hydrogen-bond acceptors (Lipinski definition) is 3. The zero-order chi connectivity index (χ0) is 19.3. The average Bonchev–Trinajstić information content (AvgIpc) is 3.14. The first-order chi connectivity index (χ1) is 13.8. The minimum atomic E-state index is -0.137. The summed E-state index contributed by atoms with van der Waals surface area (Å²) in [6.45, 7) is 0.639. The summed E-state index contributed by atoms with van der Waals surface area (Å²) in [6, 6.07) is 24.8. The van der Waals surface area contributed by atoms with E-state index in [4.69, 9.17) is 9.15 Å². The van der Waals surface area contributed by atoms with Gasteiger partial charge in [-0.05, 0) is 42.3 Å². The molecule has 0 N–H and O–H groups in total. The molecule has 0 spiro atoms. The van der Waals surface area contributed by atoms with E-state index in [0.717, 1.165) is 34.0 Å². The second-order valence-electron chi connectivity index (χ2n) is 6.41. The van der Waals surface area contributed by atoms with Crippen LogP contribution in [0, 0.1) is 0 Å². The minimum absolute atomic E-state index is 0.137. The highest BCUT2D eigenvalue weighted by Crippen LogP contribution is 2.36. The second kappa shape index (κ2) is 8.44. The number of fused-ring (bicyclic) bond motifs is 1. The van der Waals surface area contributed by atoms with Gasteiger partial charge in [0.15, 0.2) is 5.76 Å². The van der Waals surface area contributed by atoms with E-state index in [9.17, 15) is 4.79 Å². The lowest BCUT2D eigenvalue weighted by Crippen LogP contribution is -2.02. The number of ether oxygens (including phenoxy) is 1. The lowest BCUT2D eigenvalue weighted by Gasteiger charge is -2.06. The monoisotopic (exact) mass is 434 g/mol. The van der Waals surface area contributed by atoms with E-state index in [1.807, 2.05) is 66.7 Å². The Balaban J connectivity index is 1.72. The summed E-state index contributed by atoms with van der Waals surface area (Å²) in [5.41, 5.74) is 3.08. The number of carbonyl (C=O) groups excluding carboxylic acids is 1. The molecular weight excluding hydrogens is 416 g/mol. The molecule has 1 heterocycles. The maximum atomic E-state index is 13.2. The summed E-state index contributed by atoms with van der Waals surface area (Å²) in [6.07, 6.45) is 0.931. The third kappa shape index (κ3) is 3.73. The summed E-state index contributed by atoms with van der Waals surface area (Å²) < 4.78 is 11.7. The summed E-state index contributed by atoms with van der Waals surface area (Å²) in [5.74, 6) is 0.979. The Kier molecular flexibility index (Phi) is 5.58. The number of benzene rings is 3. The van der Waals surface area contributed by atoms with Crippen LogP contribution in [0.4, 0.5) is 0 Å². The molecule has 0 aliphatic carbocycles.